The lowest BCUT2D eigenvalue weighted by molar-refractivity contribution is -0.140. The Balaban J connectivity index is 2.63. The standard InChI is InChI=1S/C13H15F3N2O2S/c1-18(7-6-11(17)21)12(19)8-20-10-5-3-2-4-9(10)13(14,15)16/h2-5H,6-8H2,1H3,(H2,17,21). The van der Waals surface area contributed by atoms with Gasteiger partial charge in [0.15, 0.2) is 6.61 Å². The Labute approximate surface area is 125 Å². The molecule has 21 heavy (non-hydrogen) atoms. The number of carbonyl (C=O) groups is 1. The SMILES string of the molecule is CN(CCC(N)=S)C(=O)COc1ccccc1C(F)(F)F. The fourth-order valence-corrected chi connectivity index (χ4v) is 1.57. The summed E-state index contributed by atoms with van der Waals surface area (Å²) in [5.74, 6) is -0.829. The van der Waals surface area contributed by atoms with Crippen molar-refractivity contribution in [2.45, 2.75) is 12.6 Å². The lowest BCUT2D eigenvalue weighted by atomic mass is 10.2. The second-order valence-corrected chi connectivity index (χ2v) is 4.84. The molecule has 116 valence electrons. The first kappa shape index (κ1) is 17.2. The number of rotatable bonds is 6. The van der Waals surface area contributed by atoms with E-state index in [1.165, 1.54) is 30.1 Å². The zero-order valence-corrected chi connectivity index (χ0v) is 12.1. The quantitative estimate of drug-likeness (QED) is 0.817. The molecule has 0 spiro atoms. The number of halogens is 3. The van der Waals surface area contributed by atoms with E-state index in [0.29, 0.717) is 13.0 Å². The molecule has 0 heterocycles. The summed E-state index contributed by atoms with van der Waals surface area (Å²) in [6.07, 6.45) is -4.19. The van der Waals surface area contributed by atoms with Crippen LogP contribution in [0.15, 0.2) is 24.3 Å². The summed E-state index contributed by atoms with van der Waals surface area (Å²) < 4.78 is 43.2. The van der Waals surface area contributed by atoms with Crippen LogP contribution in [0.2, 0.25) is 0 Å². The number of carbonyl (C=O) groups excluding carboxylic acids is 1. The molecular formula is C13H15F3N2O2S. The number of benzene rings is 1. The molecule has 1 rings (SSSR count). The van der Waals surface area contributed by atoms with Crippen LogP contribution in [0.25, 0.3) is 0 Å². The number of hydrogen-bond acceptors (Lipinski definition) is 3. The number of ether oxygens (including phenoxy) is 1. The number of para-hydroxylation sites is 1. The van der Waals surface area contributed by atoms with Gasteiger partial charge < -0.3 is 15.4 Å². The molecule has 8 heteroatoms. The van der Waals surface area contributed by atoms with Gasteiger partial charge >= 0.3 is 6.18 Å². The van der Waals surface area contributed by atoms with Gasteiger partial charge in [0.1, 0.15) is 5.75 Å². The second kappa shape index (κ2) is 7.26. The molecule has 0 aromatic heterocycles. The summed E-state index contributed by atoms with van der Waals surface area (Å²) in [5.41, 5.74) is 4.40. The van der Waals surface area contributed by atoms with Crippen LogP contribution < -0.4 is 10.5 Å². The third kappa shape index (κ3) is 5.58. The highest BCUT2D eigenvalue weighted by atomic mass is 32.1. The fraction of sp³-hybridized carbons (Fsp3) is 0.385. The van der Waals surface area contributed by atoms with Crippen LogP contribution in [0, 0.1) is 0 Å². The van der Waals surface area contributed by atoms with Crippen molar-refractivity contribution in [2.24, 2.45) is 5.73 Å². The zero-order valence-electron chi connectivity index (χ0n) is 11.3. The van der Waals surface area contributed by atoms with Gasteiger partial charge in [0, 0.05) is 20.0 Å². The minimum atomic E-state index is -4.53. The lowest BCUT2D eigenvalue weighted by Gasteiger charge is -2.18. The Kier molecular flexibility index (Phi) is 5.95. The van der Waals surface area contributed by atoms with Gasteiger partial charge in [-0.05, 0) is 12.1 Å². The Morgan fingerprint density at radius 2 is 2.00 bits per heavy atom. The van der Waals surface area contributed by atoms with Gasteiger partial charge in [-0.15, -0.1) is 0 Å². The lowest BCUT2D eigenvalue weighted by Crippen LogP contribution is -2.33. The normalized spacial score (nSPS) is 11.0. The minimum absolute atomic E-state index is 0.262. The van der Waals surface area contributed by atoms with Crippen molar-refractivity contribution in [3.63, 3.8) is 0 Å². The maximum Gasteiger partial charge on any atom is 0.419 e. The number of alkyl halides is 3. The van der Waals surface area contributed by atoms with Gasteiger partial charge in [-0.25, -0.2) is 0 Å². The number of nitrogens with zero attached hydrogens (tertiary/aromatic N) is 1. The van der Waals surface area contributed by atoms with Crippen molar-refractivity contribution in [1.82, 2.24) is 4.90 Å². The predicted octanol–water partition coefficient (Wildman–Crippen LogP) is 2.22. The summed E-state index contributed by atoms with van der Waals surface area (Å²) in [5, 5.41) is 0. The van der Waals surface area contributed by atoms with E-state index in [1.54, 1.807) is 0 Å². The van der Waals surface area contributed by atoms with E-state index in [1.807, 2.05) is 0 Å². The van der Waals surface area contributed by atoms with Crippen LogP contribution in [0.5, 0.6) is 5.75 Å². The summed E-state index contributed by atoms with van der Waals surface area (Å²) in [6.45, 7) is -0.195. The maximum absolute atomic E-state index is 12.7. The van der Waals surface area contributed by atoms with Crippen LogP contribution in [-0.2, 0) is 11.0 Å². The van der Waals surface area contributed by atoms with E-state index < -0.39 is 24.3 Å². The molecule has 1 aromatic carbocycles. The van der Waals surface area contributed by atoms with Gasteiger partial charge in [0.05, 0.1) is 10.6 Å². The monoisotopic (exact) mass is 320 g/mol. The van der Waals surface area contributed by atoms with Crippen molar-refractivity contribution in [3.8, 4) is 5.75 Å². The number of hydrogen-bond donors (Lipinski definition) is 1. The Hall–Kier alpha value is -1.83. The maximum atomic E-state index is 12.7. The Morgan fingerprint density at radius 3 is 2.57 bits per heavy atom. The van der Waals surface area contributed by atoms with E-state index in [9.17, 15) is 18.0 Å². The molecule has 0 aliphatic heterocycles. The summed E-state index contributed by atoms with van der Waals surface area (Å²) in [4.78, 5) is 13.3. The van der Waals surface area contributed by atoms with E-state index >= 15 is 0 Å². The number of nitrogens with two attached hydrogens (primary N) is 1. The summed E-state index contributed by atoms with van der Waals surface area (Å²) >= 11 is 4.68. The minimum Gasteiger partial charge on any atom is -0.483 e. The highest BCUT2D eigenvalue weighted by molar-refractivity contribution is 7.80. The molecule has 1 amide bonds. The van der Waals surface area contributed by atoms with Crippen LogP contribution in [0.3, 0.4) is 0 Å². The molecule has 0 aliphatic carbocycles. The average Bonchev–Trinajstić information content (AvgIpc) is 2.41. The van der Waals surface area contributed by atoms with E-state index in [4.69, 9.17) is 10.5 Å². The molecule has 0 radical (unpaired) electrons. The largest absolute Gasteiger partial charge is 0.483 e. The van der Waals surface area contributed by atoms with Gasteiger partial charge in [-0.3, -0.25) is 4.79 Å². The van der Waals surface area contributed by atoms with Crippen molar-refractivity contribution in [1.29, 1.82) is 0 Å². The molecule has 4 nitrogen and oxygen atoms in total. The van der Waals surface area contributed by atoms with Gasteiger partial charge in [0.2, 0.25) is 0 Å². The first-order chi connectivity index (χ1) is 9.71. The molecule has 2 N–H and O–H groups in total. The van der Waals surface area contributed by atoms with Gasteiger partial charge in [0.25, 0.3) is 5.91 Å². The molecule has 0 atom stereocenters. The van der Waals surface area contributed by atoms with E-state index in [0.717, 1.165) is 6.07 Å². The second-order valence-electron chi connectivity index (χ2n) is 4.31. The number of thiocarbonyl (C=S) groups is 1. The average molecular weight is 320 g/mol. The molecule has 0 unspecified atom stereocenters. The smallest absolute Gasteiger partial charge is 0.419 e. The topological polar surface area (TPSA) is 55.6 Å². The first-order valence-corrected chi connectivity index (χ1v) is 6.44. The molecule has 0 aliphatic rings. The third-order valence-corrected chi connectivity index (χ3v) is 2.87. The van der Waals surface area contributed by atoms with E-state index in [-0.39, 0.29) is 10.7 Å². The molecule has 0 bridgehead atoms. The Morgan fingerprint density at radius 1 is 1.38 bits per heavy atom. The Bertz CT molecular complexity index is 520. The van der Waals surface area contributed by atoms with Crippen molar-refractivity contribution < 1.29 is 22.7 Å². The summed E-state index contributed by atoms with van der Waals surface area (Å²) in [6, 6.07) is 4.74. The molecule has 0 saturated heterocycles. The van der Waals surface area contributed by atoms with Crippen LogP contribution >= 0.6 is 12.2 Å². The molecule has 1 aromatic rings. The fourth-order valence-electron chi connectivity index (χ4n) is 1.48. The predicted molar refractivity (Wildman–Crippen MR) is 76.0 cm³/mol. The highest BCUT2D eigenvalue weighted by Gasteiger charge is 2.34. The molecule has 0 fully saturated rings. The van der Waals surface area contributed by atoms with Gasteiger partial charge in [-0.1, -0.05) is 24.4 Å². The number of likely N-dealkylation sites (N-methyl/N-ethyl adjacent to an activating group) is 1. The third-order valence-electron chi connectivity index (χ3n) is 2.66. The zero-order chi connectivity index (χ0) is 16.0. The van der Waals surface area contributed by atoms with Crippen molar-refractivity contribution in [2.75, 3.05) is 20.2 Å². The molecule has 0 saturated carbocycles. The molecular weight excluding hydrogens is 305 g/mol. The van der Waals surface area contributed by atoms with Crippen molar-refractivity contribution in [3.05, 3.63) is 29.8 Å². The van der Waals surface area contributed by atoms with Crippen LogP contribution in [-0.4, -0.2) is 36.0 Å². The number of amides is 1. The van der Waals surface area contributed by atoms with Crippen LogP contribution in [0.4, 0.5) is 13.2 Å². The highest BCUT2D eigenvalue weighted by Crippen LogP contribution is 2.35. The first-order valence-electron chi connectivity index (χ1n) is 6.03. The van der Waals surface area contributed by atoms with Crippen molar-refractivity contribution >= 4 is 23.1 Å². The van der Waals surface area contributed by atoms with Gasteiger partial charge in [-0.2, -0.15) is 13.2 Å². The van der Waals surface area contributed by atoms with Crippen LogP contribution in [0.1, 0.15) is 12.0 Å². The summed E-state index contributed by atoms with van der Waals surface area (Å²) in [7, 11) is 1.50. The van der Waals surface area contributed by atoms with E-state index in [2.05, 4.69) is 12.2 Å².